The second-order valence-corrected chi connectivity index (χ2v) is 6.68. The van der Waals surface area contributed by atoms with E-state index < -0.39 is 10.0 Å². The maximum Gasteiger partial charge on any atom is 0.211 e. The van der Waals surface area contributed by atoms with Gasteiger partial charge in [0.05, 0.1) is 25.6 Å². The van der Waals surface area contributed by atoms with E-state index in [0.29, 0.717) is 38.8 Å². The summed E-state index contributed by atoms with van der Waals surface area (Å²) in [6, 6.07) is 0.350. The number of nitrogens with one attached hydrogen (secondary N) is 2. The topological polar surface area (TPSA) is 76.7 Å². The van der Waals surface area contributed by atoms with E-state index in [1.54, 1.807) is 7.11 Å². The normalized spacial score (nSPS) is 20.6. The molecule has 1 unspecified atom stereocenters. The van der Waals surface area contributed by atoms with Gasteiger partial charge in [0.15, 0.2) is 0 Å². The van der Waals surface area contributed by atoms with Crippen LogP contribution >= 0.6 is 0 Å². The van der Waals surface area contributed by atoms with Gasteiger partial charge in [-0.05, 0) is 25.8 Å². The van der Waals surface area contributed by atoms with Crippen LogP contribution in [-0.4, -0.2) is 60.2 Å². The molecule has 114 valence electrons. The average Bonchev–Trinajstić information content (AvgIpc) is 2.42. The van der Waals surface area contributed by atoms with Gasteiger partial charge in [-0.25, -0.2) is 13.1 Å². The van der Waals surface area contributed by atoms with E-state index in [4.69, 9.17) is 9.47 Å². The fourth-order valence-electron chi connectivity index (χ4n) is 2.05. The maximum atomic E-state index is 11.7. The number of hydrogen-bond donors (Lipinski definition) is 2. The van der Waals surface area contributed by atoms with Crippen LogP contribution in [0.1, 0.15) is 25.7 Å². The van der Waals surface area contributed by atoms with Crippen molar-refractivity contribution < 1.29 is 17.9 Å². The smallest absolute Gasteiger partial charge is 0.211 e. The predicted octanol–water partition coefficient (Wildman–Crippen LogP) is 0.101. The molecule has 1 heterocycles. The summed E-state index contributed by atoms with van der Waals surface area (Å²) in [6.07, 6.45) is 4.15. The third-order valence-electron chi connectivity index (χ3n) is 3.15. The zero-order chi connectivity index (χ0) is 14.0. The zero-order valence-electron chi connectivity index (χ0n) is 11.7. The second-order valence-electron chi connectivity index (χ2n) is 4.75. The molecule has 1 aliphatic heterocycles. The summed E-state index contributed by atoms with van der Waals surface area (Å²) in [5, 5.41) is 3.35. The van der Waals surface area contributed by atoms with Crippen LogP contribution in [0.15, 0.2) is 0 Å². The predicted molar refractivity (Wildman–Crippen MR) is 74.7 cm³/mol. The third kappa shape index (κ3) is 8.54. The van der Waals surface area contributed by atoms with Crippen LogP contribution < -0.4 is 10.0 Å². The summed E-state index contributed by atoms with van der Waals surface area (Å²) in [7, 11) is -1.57. The van der Waals surface area contributed by atoms with Crippen LogP contribution in [0, 0.1) is 0 Å². The third-order valence-corrected chi connectivity index (χ3v) is 4.56. The van der Waals surface area contributed by atoms with Crippen molar-refractivity contribution in [1.82, 2.24) is 10.0 Å². The Morgan fingerprint density at radius 1 is 1.26 bits per heavy atom. The molecule has 1 saturated heterocycles. The number of rotatable bonds is 10. The van der Waals surface area contributed by atoms with Crippen molar-refractivity contribution >= 4 is 10.0 Å². The van der Waals surface area contributed by atoms with E-state index in [0.717, 1.165) is 13.0 Å². The number of hydrogen-bond acceptors (Lipinski definition) is 5. The van der Waals surface area contributed by atoms with Crippen LogP contribution in [0.2, 0.25) is 0 Å². The number of sulfonamides is 1. The highest BCUT2D eigenvalue weighted by Crippen LogP contribution is 2.10. The quantitative estimate of drug-likeness (QED) is 0.559. The summed E-state index contributed by atoms with van der Waals surface area (Å²) in [4.78, 5) is 0. The molecule has 7 heteroatoms. The van der Waals surface area contributed by atoms with E-state index in [2.05, 4.69) is 10.0 Å². The Balaban J connectivity index is 2.06. The van der Waals surface area contributed by atoms with E-state index >= 15 is 0 Å². The summed E-state index contributed by atoms with van der Waals surface area (Å²) in [5.74, 6) is 0.183. The van der Waals surface area contributed by atoms with E-state index in [1.807, 2.05) is 0 Å². The Morgan fingerprint density at radius 2 is 2.11 bits per heavy atom. The van der Waals surface area contributed by atoms with Crippen molar-refractivity contribution in [2.24, 2.45) is 0 Å². The van der Waals surface area contributed by atoms with Gasteiger partial charge in [-0.1, -0.05) is 6.42 Å². The van der Waals surface area contributed by atoms with Crippen LogP contribution in [0.4, 0.5) is 0 Å². The molecule has 0 saturated carbocycles. The highest BCUT2D eigenvalue weighted by atomic mass is 32.2. The summed E-state index contributed by atoms with van der Waals surface area (Å²) in [5.41, 5.74) is 0. The molecule has 0 aliphatic carbocycles. The van der Waals surface area contributed by atoms with Gasteiger partial charge in [-0.2, -0.15) is 0 Å². The van der Waals surface area contributed by atoms with Crippen LogP contribution in [0.5, 0.6) is 0 Å². The number of ether oxygens (including phenoxy) is 2. The molecule has 0 aromatic carbocycles. The monoisotopic (exact) mass is 294 g/mol. The lowest BCUT2D eigenvalue weighted by Gasteiger charge is -2.23. The maximum absolute atomic E-state index is 11.7. The molecule has 1 rings (SSSR count). The van der Waals surface area contributed by atoms with Gasteiger partial charge in [0, 0.05) is 19.7 Å². The molecule has 19 heavy (non-hydrogen) atoms. The minimum atomic E-state index is -3.17. The van der Waals surface area contributed by atoms with Gasteiger partial charge in [-0.3, -0.25) is 0 Å². The minimum Gasteiger partial charge on any atom is -0.382 e. The standard InChI is InChI=1S/C12H26N2O4S/c1-17-9-10-18-8-7-14-19(15,16)11-5-12-4-2-3-6-13-12/h12-14H,2-11H2,1H3. The molecule has 6 nitrogen and oxygen atoms in total. The molecule has 0 spiro atoms. The molecule has 0 amide bonds. The molecule has 2 N–H and O–H groups in total. The highest BCUT2D eigenvalue weighted by Gasteiger charge is 2.16. The summed E-state index contributed by atoms with van der Waals surface area (Å²) in [6.45, 7) is 2.73. The van der Waals surface area contributed by atoms with Gasteiger partial charge in [0.1, 0.15) is 0 Å². The first-order chi connectivity index (χ1) is 9.14. The van der Waals surface area contributed by atoms with Crippen LogP contribution in [0.3, 0.4) is 0 Å². The lowest BCUT2D eigenvalue weighted by molar-refractivity contribution is 0.0736. The molecule has 1 atom stereocenters. The summed E-state index contributed by atoms with van der Waals surface area (Å²) < 4.78 is 36.1. The Hall–Kier alpha value is -0.210. The Labute approximate surface area is 116 Å². The number of methoxy groups -OCH3 is 1. The molecule has 1 aliphatic rings. The van der Waals surface area contributed by atoms with Crippen molar-refractivity contribution in [1.29, 1.82) is 0 Å². The molecule has 0 bridgehead atoms. The fraction of sp³-hybridized carbons (Fsp3) is 1.00. The first kappa shape index (κ1) is 16.8. The Kier molecular flexibility index (Phi) is 8.56. The van der Waals surface area contributed by atoms with Gasteiger partial charge >= 0.3 is 0 Å². The van der Waals surface area contributed by atoms with Crippen LogP contribution in [-0.2, 0) is 19.5 Å². The lowest BCUT2D eigenvalue weighted by Crippen LogP contribution is -2.37. The number of piperidine rings is 1. The van der Waals surface area contributed by atoms with Crippen molar-refractivity contribution in [3.05, 3.63) is 0 Å². The van der Waals surface area contributed by atoms with Gasteiger partial charge < -0.3 is 14.8 Å². The Morgan fingerprint density at radius 3 is 2.79 bits per heavy atom. The van der Waals surface area contributed by atoms with Gasteiger partial charge in [-0.15, -0.1) is 0 Å². The first-order valence-corrected chi connectivity index (χ1v) is 8.56. The highest BCUT2D eigenvalue weighted by molar-refractivity contribution is 7.89. The molecular weight excluding hydrogens is 268 g/mol. The molecule has 0 aromatic heterocycles. The molecule has 0 radical (unpaired) electrons. The molecular formula is C12H26N2O4S. The average molecular weight is 294 g/mol. The van der Waals surface area contributed by atoms with Gasteiger partial charge in [0.25, 0.3) is 0 Å². The minimum absolute atomic E-state index is 0.183. The van der Waals surface area contributed by atoms with E-state index in [-0.39, 0.29) is 5.75 Å². The first-order valence-electron chi connectivity index (χ1n) is 6.91. The summed E-state index contributed by atoms with van der Waals surface area (Å²) >= 11 is 0. The van der Waals surface area contributed by atoms with E-state index in [1.165, 1.54) is 12.8 Å². The van der Waals surface area contributed by atoms with Crippen molar-refractivity contribution in [3.63, 3.8) is 0 Å². The van der Waals surface area contributed by atoms with E-state index in [9.17, 15) is 8.42 Å². The lowest BCUT2D eigenvalue weighted by atomic mass is 10.0. The SMILES string of the molecule is COCCOCCNS(=O)(=O)CCC1CCCCN1. The molecule has 0 aromatic rings. The fourth-order valence-corrected chi connectivity index (χ4v) is 3.19. The van der Waals surface area contributed by atoms with Gasteiger partial charge in [0.2, 0.25) is 10.0 Å². The van der Waals surface area contributed by atoms with Crippen molar-refractivity contribution in [3.8, 4) is 0 Å². The Bertz CT molecular complexity index is 316. The van der Waals surface area contributed by atoms with Crippen molar-refractivity contribution in [2.75, 3.05) is 45.8 Å². The van der Waals surface area contributed by atoms with Crippen LogP contribution in [0.25, 0.3) is 0 Å². The van der Waals surface area contributed by atoms with Crippen molar-refractivity contribution in [2.45, 2.75) is 31.7 Å². The largest absolute Gasteiger partial charge is 0.382 e. The molecule has 1 fully saturated rings. The zero-order valence-corrected chi connectivity index (χ0v) is 12.5. The second kappa shape index (κ2) is 9.66.